The van der Waals surface area contributed by atoms with Gasteiger partial charge in [0, 0.05) is 13.0 Å². The van der Waals surface area contributed by atoms with E-state index in [1.807, 2.05) is 5.32 Å². The van der Waals surface area contributed by atoms with Gasteiger partial charge in [0.1, 0.15) is 5.54 Å². The Bertz CT molecular complexity index is 859. The Balaban J connectivity index is 1.82. The number of esters is 1. The minimum atomic E-state index is -1.74. The van der Waals surface area contributed by atoms with Gasteiger partial charge in [0.2, 0.25) is 0 Å². The Morgan fingerprint density at radius 2 is 1.86 bits per heavy atom. The van der Waals surface area contributed by atoms with Crippen LogP contribution in [0.4, 0.5) is 23.7 Å². The maximum atomic E-state index is 13.6. The highest BCUT2D eigenvalue weighted by Crippen LogP contribution is 2.20. The van der Waals surface area contributed by atoms with Crippen LogP contribution in [0.5, 0.6) is 0 Å². The largest absolute Gasteiger partial charge is 0.453 e. The molecule has 2 N–H and O–H groups in total. The van der Waals surface area contributed by atoms with E-state index >= 15 is 0 Å². The van der Waals surface area contributed by atoms with Crippen LogP contribution in [0.15, 0.2) is 12.1 Å². The van der Waals surface area contributed by atoms with Crippen LogP contribution in [0.2, 0.25) is 0 Å². The number of hydrogen-bond acceptors (Lipinski definition) is 5. The topological polar surface area (TPSA) is 105 Å². The first-order valence-corrected chi connectivity index (χ1v) is 8.72. The second-order valence-electron chi connectivity index (χ2n) is 6.96. The molecule has 0 radical (unpaired) electrons. The van der Waals surface area contributed by atoms with E-state index in [4.69, 9.17) is 4.74 Å². The molecule has 0 saturated carbocycles. The van der Waals surface area contributed by atoms with E-state index in [-0.39, 0.29) is 19.4 Å². The van der Waals surface area contributed by atoms with Gasteiger partial charge in [-0.2, -0.15) is 0 Å². The number of nitrogens with one attached hydrogen (secondary N) is 2. The van der Waals surface area contributed by atoms with Gasteiger partial charge in [-0.15, -0.1) is 0 Å². The molecule has 0 aromatic heterocycles. The molecule has 1 saturated heterocycles. The first kappa shape index (κ1) is 22.2. The second-order valence-corrected chi connectivity index (χ2v) is 6.96. The number of carbonyl (C=O) groups excluding carboxylic acids is 4. The van der Waals surface area contributed by atoms with Crippen molar-refractivity contribution in [3.8, 4) is 0 Å². The molecule has 29 heavy (non-hydrogen) atoms. The molecule has 0 aliphatic carbocycles. The summed E-state index contributed by atoms with van der Waals surface area (Å²) in [5, 5.41) is 4.50. The molecule has 11 heteroatoms. The molecule has 1 heterocycles. The molecule has 0 unspecified atom stereocenters. The van der Waals surface area contributed by atoms with Crippen molar-refractivity contribution in [1.29, 1.82) is 0 Å². The summed E-state index contributed by atoms with van der Waals surface area (Å²) < 4.78 is 44.6. The van der Waals surface area contributed by atoms with E-state index in [1.54, 1.807) is 13.8 Å². The molecule has 2 rings (SSSR count). The summed E-state index contributed by atoms with van der Waals surface area (Å²) in [4.78, 5) is 48.5. The van der Waals surface area contributed by atoms with Crippen molar-refractivity contribution < 1.29 is 37.1 Å². The Morgan fingerprint density at radius 3 is 2.45 bits per heavy atom. The van der Waals surface area contributed by atoms with Crippen LogP contribution in [0.3, 0.4) is 0 Å². The maximum absolute atomic E-state index is 13.6. The van der Waals surface area contributed by atoms with Crippen LogP contribution < -0.4 is 10.6 Å². The highest BCUT2D eigenvalue weighted by atomic mass is 19.2. The number of urea groups is 1. The predicted octanol–water partition coefficient (Wildman–Crippen LogP) is 2.08. The standard InChI is InChI=1S/C18H20F3N3O5/c1-9(15(26)22-11-7-6-10(19)13(20)14(11)21)29-12(25)5-4-8-24-16(27)18(2,3)23-17(24)28/h6-7,9H,4-5,8H2,1-3H3,(H,22,26)(H,23,28)/t9-/m1/s1. The highest BCUT2D eigenvalue weighted by Gasteiger charge is 2.43. The van der Waals surface area contributed by atoms with Gasteiger partial charge in [-0.1, -0.05) is 0 Å². The van der Waals surface area contributed by atoms with Gasteiger partial charge in [0.25, 0.3) is 11.8 Å². The lowest BCUT2D eigenvalue weighted by atomic mass is 10.1. The molecule has 4 amide bonds. The summed E-state index contributed by atoms with van der Waals surface area (Å²) in [6.07, 6.45) is -1.42. The number of ether oxygens (including phenoxy) is 1. The van der Waals surface area contributed by atoms with Gasteiger partial charge in [-0.25, -0.2) is 18.0 Å². The summed E-state index contributed by atoms with van der Waals surface area (Å²) in [5.74, 6) is -6.88. The SMILES string of the molecule is C[C@@H](OC(=O)CCCN1C(=O)NC(C)(C)C1=O)C(=O)Nc1ccc(F)c(F)c1F. The van der Waals surface area contributed by atoms with Crippen LogP contribution in [-0.4, -0.2) is 46.9 Å². The van der Waals surface area contributed by atoms with E-state index in [0.29, 0.717) is 6.07 Å². The summed E-state index contributed by atoms with van der Waals surface area (Å²) in [5.41, 5.74) is -1.61. The van der Waals surface area contributed by atoms with Gasteiger partial charge >= 0.3 is 12.0 Å². The van der Waals surface area contributed by atoms with Crippen molar-refractivity contribution in [3.05, 3.63) is 29.6 Å². The molecule has 1 aliphatic rings. The lowest BCUT2D eigenvalue weighted by Gasteiger charge is -2.16. The van der Waals surface area contributed by atoms with E-state index in [2.05, 4.69) is 5.32 Å². The van der Waals surface area contributed by atoms with E-state index in [0.717, 1.165) is 11.0 Å². The zero-order valence-electron chi connectivity index (χ0n) is 16.0. The van der Waals surface area contributed by atoms with Crippen molar-refractivity contribution in [2.75, 3.05) is 11.9 Å². The molecule has 1 fully saturated rings. The molecule has 0 bridgehead atoms. The van der Waals surface area contributed by atoms with Gasteiger partial charge in [-0.3, -0.25) is 19.3 Å². The summed E-state index contributed by atoms with van der Waals surface area (Å²) in [6, 6.07) is 0.913. The summed E-state index contributed by atoms with van der Waals surface area (Å²) in [7, 11) is 0. The number of carbonyl (C=O) groups is 4. The fourth-order valence-electron chi connectivity index (χ4n) is 2.57. The molecule has 0 spiro atoms. The fraction of sp³-hybridized carbons (Fsp3) is 0.444. The fourth-order valence-corrected chi connectivity index (χ4v) is 2.57. The first-order valence-electron chi connectivity index (χ1n) is 8.72. The Hall–Kier alpha value is -3.11. The smallest absolute Gasteiger partial charge is 0.325 e. The van der Waals surface area contributed by atoms with E-state index < -0.39 is 58.6 Å². The lowest BCUT2D eigenvalue weighted by Crippen LogP contribution is -2.40. The van der Waals surface area contributed by atoms with Gasteiger partial charge < -0.3 is 15.4 Å². The number of hydrogen-bond donors (Lipinski definition) is 2. The number of imide groups is 1. The van der Waals surface area contributed by atoms with Crippen LogP contribution in [0, 0.1) is 17.5 Å². The van der Waals surface area contributed by atoms with Crippen LogP contribution in [0.25, 0.3) is 0 Å². The van der Waals surface area contributed by atoms with E-state index in [9.17, 15) is 32.3 Å². The minimum Gasteiger partial charge on any atom is -0.453 e. The molecular formula is C18H20F3N3O5. The van der Waals surface area contributed by atoms with Crippen LogP contribution in [0.1, 0.15) is 33.6 Å². The molecule has 1 aliphatic heterocycles. The third kappa shape index (κ3) is 5.04. The maximum Gasteiger partial charge on any atom is 0.325 e. The molecule has 1 aromatic rings. The molecule has 158 valence electrons. The minimum absolute atomic E-state index is 0.0101. The predicted molar refractivity (Wildman–Crippen MR) is 94.1 cm³/mol. The zero-order valence-corrected chi connectivity index (χ0v) is 16.0. The van der Waals surface area contributed by atoms with Crippen molar-refractivity contribution in [3.63, 3.8) is 0 Å². The Kier molecular flexibility index (Phi) is 6.50. The monoisotopic (exact) mass is 415 g/mol. The van der Waals surface area contributed by atoms with E-state index in [1.165, 1.54) is 6.92 Å². The quantitative estimate of drug-likeness (QED) is 0.403. The van der Waals surface area contributed by atoms with Crippen molar-refractivity contribution in [2.45, 2.75) is 45.3 Å². The van der Waals surface area contributed by atoms with Crippen molar-refractivity contribution in [1.82, 2.24) is 10.2 Å². The number of rotatable bonds is 7. The lowest BCUT2D eigenvalue weighted by molar-refractivity contribution is -0.153. The van der Waals surface area contributed by atoms with Crippen molar-refractivity contribution >= 4 is 29.5 Å². The average molecular weight is 415 g/mol. The number of nitrogens with zero attached hydrogens (tertiary/aromatic N) is 1. The molecule has 1 atom stereocenters. The number of amides is 4. The highest BCUT2D eigenvalue weighted by molar-refractivity contribution is 6.06. The number of halogens is 3. The number of benzene rings is 1. The van der Waals surface area contributed by atoms with Gasteiger partial charge in [0.05, 0.1) is 5.69 Å². The second kappa shape index (κ2) is 8.50. The first-order chi connectivity index (χ1) is 13.4. The normalized spacial score (nSPS) is 16.4. The Labute approximate surface area is 164 Å². The van der Waals surface area contributed by atoms with Gasteiger partial charge in [0.15, 0.2) is 23.6 Å². The molecular weight excluding hydrogens is 395 g/mol. The van der Waals surface area contributed by atoms with Crippen LogP contribution >= 0.6 is 0 Å². The molecule has 1 aromatic carbocycles. The zero-order chi connectivity index (χ0) is 21.9. The summed E-state index contributed by atoms with van der Waals surface area (Å²) in [6.45, 7) is 4.31. The summed E-state index contributed by atoms with van der Waals surface area (Å²) >= 11 is 0. The van der Waals surface area contributed by atoms with Gasteiger partial charge in [-0.05, 0) is 39.3 Å². The third-order valence-electron chi connectivity index (χ3n) is 4.18. The Morgan fingerprint density at radius 1 is 1.21 bits per heavy atom. The average Bonchev–Trinajstić information content (AvgIpc) is 2.83. The third-order valence-corrected chi connectivity index (χ3v) is 4.18. The van der Waals surface area contributed by atoms with Crippen LogP contribution in [-0.2, 0) is 19.1 Å². The van der Waals surface area contributed by atoms with Crippen molar-refractivity contribution in [2.24, 2.45) is 0 Å². The molecule has 8 nitrogen and oxygen atoms in total. The number of anilines is 1.